The molecule has 1 aromatic carbocycles. The van der Waals surface area contributed by atoms with E-state index >= 15 is 0 Å². The quantitative estimate of drug-likeness (QED) is 0.430. The van der Waals surface area contributed by atoms with Crippen LogP contribution in [0.2, 0.25) is 5.02 Å². The van der Waals surface area contributed by atoms with Gasteiger partial charge >= 0.3 is 0 Å². The summed E-state index contributed by atoms with van der Waals surface area (Å²) in [5, 5.41) is 11.7. The van der Waals surface area contributed by atoms with Gasteiger partial charge in [-0.3, -0.25) is 9.69 Å². The number of anilines is 1. The highest BCUT2D eigenvalue weighted by atomic mass is 35.5. The molecular weight excluding hydrogens is 464 g/mol. The monoisotopic (exact) mass is 490 g/mol. The van der Waals surface area contributed by atoms with Crippen molar-refractivity contribution >= 4 is 17.4 Å². The molecule has 1 fully saturated rings. The predicted molar refractivity (Wildman–Crippen MR) is 136 cm³/mol. The van der Waals surface area contributed by atoms with Crippen LogP contribution in [0.4, 0.5) is 5.82 Å². The van der Waals surface area contributed by atoms with Crippen molar-refractivity contribution in [3.05, 3.63) is 111 Å². The molecule has 1 aliphatic heterocycles. The third-order valence-corrected chi connectivity index (χ3v) is 6.74. The highest BCUT2D eigenvalue weighted by Gasteiger charge is 2.32. The highest BCUT2D eigenvalue weighted by Crippen LogP contribution is 2.34. The van der Waals surface area contributed by atoms with Crippen LogP contribution in [0.25, 0.3) is 0 Å². The molecule has 8 heteroatoms. The average Bonchev–Trinajstić information content (AvgIpc) is 3.38. The lowest BCUT2D eigenvalue weighted by molar-refractivity contribution is 0.207. The third-order valence-electron chi connectivity index (χ3n) is 6.51. The number of halogens is 1. The van der Waals surface area contributed by atoms with Crippen LogP contribution in [-0.2, 0) is 6.54 Å². The van der Waals surface area contributed by atoms with Crippen LogP contribution in [0.1, 0.15) is 28.6 Å². The van der Waals surface area contributed by atoms with Crippen LogP contribution in [0, 0.1) is 6.92 Å². The minimum absolute atomic E-state index is 0.0136. The smallest absolute Gasteiger partial charge is 0.260 e. The molecule has 7 nitrogen and oxygen atoms in total. The third kappa shape index (κ3) is 4.83. The summed E-state index contributed by atoms with van der Waals surface area (Å²) >= 11 is 6.36. The average molecular weight is 491 g/mol. The Hall–Kier alpha value is -3.55. The molecule has 4 aromatic rings. The van der Waals surface area contributed by atoms with E-state index in [1.54, 1.807) is 29.2 Å². The molecule has 1 atom stereocenters. The number of pyridine rings is 2. The minimum atomic E-state index is -0.449. The van der Waals surface area contributed by atoms with Gasteiger partial charge in [0.05, 0.1) is 24.4 Å². The SMILES string of the molecule is Cc1cc(O)c([C@@H](c2cccc(Cl)c2)N2CCN(c3ccccn3)CC2)c(=O)n1Cc1ccco1. The summed E-state index contributed by atoms with van der Waals surface area (Å²) in [5.74, 6) is 1.60. The summed E-state index contributed by atoms with van der Waals surface area (Å²) in [7, 11) is 0. The maximum atomic E-state index is 13.8. The fourth-order valence-corrected chi connectivity index (χ4v) is 4.97. The number of nitrogens with zero attached hydrogens (tertiary/aromatic N) is 4. The first-order valence-corrected chi connectivity index (χ1v) is 12.0. The number of rotatable bonds is 6. The summed E-state index contributed by atoms with van der Waals surface area (Å²) < 4.78 is 7.14. The summed E-state index contributed by atoms with van der Waals surface area (Å²) in [6, 6.07) is 18.2. The molecule has 1 saturated heterocycles. The Morgan fingerprint density at radius 1 is 1.06 bits per heavy atom. The zero-order valence-electron chi connectivity index (χ0n) is 19.5. The first-order chi connectivity index (χ1) is 17.0. The Bertz CT molecular complexity index is 1350. The van der Waals surface area contributed by atoms with Crippen LogP contribution in [0.15, 0.2) is 82.3 Å². The molecule has 5 rings (SSSR count). The Morgan fingerprint density at radius 2 is 1.89 bits per heavy atom. The Balaban J connectivity index is 1.54. The van der Waals surface area contributed by atoms with E-state index in [4.69, 9.17) is 16.0 Å². The first kappa shape index (κ1) is 23.2. The molecule has 0 amide bonds. The van der Waals surface area contributed by atoms with Crippen LogP contribution >= 0.6 is 11.6 Å². The van der Waals surface area contributed by atoms with Crippen molar-refractivity contribution in [3.63, 3.8) is 0 Å². The van der Waals surface area contributed by atoms with Crippen LogP contribution in [-0.4, -0.2) is 45.7 Å². The number of hydrogen-bond donors (Lipinski definition) is 1. The number of furan rings is 1. The Labute approximate surface area is 208 Å². The normalized spacial score (nSPS) is 15.3. The van der Waals surface area contributed by atoms with Crippen LogP contribution < -0.4 is 10.5 Å². The number of benzene rings is 1. The maximum absolute atomic E-state index is 13.8. The lowest BCUT2D eigenvalue weighted by atomic mass is 9.96. The largest absolute Gasteiger partial charge is 0.507 e. The van der Waals surface area contributed by atoms with Gasteiger partial charge in [0.2, 0.25) is 0 Å². The number of aromatic hydroxyl groups is 1. The summed E-state index contributed by atoms with van der Waals surface area (Å²) in [4.78, 5) is 22.8. The van der Waals surface area contributed by atoms with E-state index < -0.39 is 6.04 Å². The molecule has 180 valence electrons. The fraction of sp³-hybridized carbons (Fsp3) is 0.259. The molecule has 0 unspecified atom stereocenters. The molecule has 1 aliphatic rings. The van der Waals surface area contributed by atoms with Crippen molar-refractivity contribution in [1.29, 1.82) is 0 Å². The topological polar surface area (TPSA) is 74.7 Å². The molecule has 1 N–H and O–H groups in total. The van der Waals surface area contributed by atoms with Gasteiger partial charge in [0.1, 0.15) is 17.3 Å². The van der Waals surface area contributed by atoms with E-state index in [0.29, 0.717) is 41.7 Å². The number of aryl methyl sites for hydroxylation is 1. The molecule has 0 spiro atoms. The second-order valence-electron chi connectivity index (χ2n) is 8.72. The molecule has 0 saturated carbocycles. The molecule has 35 heavy (non-hydrogen) atoms. The Morgan fingerprint density at radius 3 is 2.57 bits per heavy atom. The zero-order chi connectivity index (χ0) is 24.4. The lowest BCUT2D eigenvalue weighted by Crippen LogP contribution is -2.49. The fourth-order valence-electron chi connectivity index (χ4n) is 4.77. The standard InChI is InChI=1S/C27H27ClN4O3/c1-19-16-23(33)25(27(34)32(19)18-22-8-5-15-35-22)26(20-6-4-7-21(28)17-20)31-13-11-30(12-14-31)24-9-2-3-10-29-24/h2-10,15-17,26,33H,11-14,18H2,1H3/t26-/m1/s1. The summed E-state index contributed by atoms with van der Waals surface area (Å²) in [6.07, 6.45) is 3.38. The number of aromatic nitrogens is 2. The molecule has 0 aliphatic carbocycles. The van der Waals surface area contributed by atoms with E-state index in [9.17, 15) is 9.90 Å². The van der Waals surface area contributed by atoms with Crippen LogP contribution in [0.5, 0.6) is 5.75 Å². The molecular formula is C27H27ClN4O3. The van der Waals surface area contributed by atoms with Crippen molar-refractivity contribution in [1.82, 2.24) is 14.5 Å². The van der Waals surface area contributed by atoms with Crippen molar-refractivity contribution in [2.45, 2.75) is 19.5 Å². The predicted octanol–water partition coefficient (Wildman–Crippen LogP) is 4.46. The number of hydrogen-bond acceptors (Lipinski definition) is 6. The van der Waals surface area contributed by atoms with Gasteiger partial charge in [0.15, 0.2) is 0 Å². The van der Waals surface area contributed by atoms with Gasteiger partial charge < -0.3 is 19.0 Å². The van der Waals surface area contributed by atoms with Gasteiger partial charge in [0, 0.05) is 43.1 Å². The molecule has 4 heterocycles. The minimum Gasteiger partial charge on any atom is -0.507 e. The highest BCUT2D eigenvalue weighted by molar-refractivity contribution is 6.30. The van der Waals surface area contributed by atoms with Gasteiger partial charge in [-0.05, 0) is 55.0 Å². The zero-order valence-corrected chi connectivity index (χ0v) is 20.2. The Kier molecular flexibility index (Phi) is 6.61. The lowest BCUT2D eigenvalue weighted by Gasteiger charge is -2.40. The summed E-state index contributed by atoms with van der Waals surface area (Å²) in [5.41, 5.74) is 1.63. The van der Waals surface area contributed by atoms with Crippen molar-refractivity contribution in [2.75, 3.05) is 31.1 Å². The first-order valence-electron chi connectivity index (χ1n) is 11.6. The molecule has 0 bridgehead atoms. The number of piperazine rings is 1. The van der Waals surface area contributed by atoms with E-state index in [2.05, 4.69) is 14.8 Å². The van der Waals surface area contributed by atoms with E-state index in [1.165, 1.54) is 0 Å². The second-order valence-corrected chi connectivity index (χ2v) is 9.16. The van der Waals surface area contributed by atoms with Gasteiger partial charge in [-0.1, -0.05) is 29.8 Å². The van der Waals surface area contributed by atoms with E-state index in [1.807, 2.05) is 55.5 Å². The van der Waals surface area contributed by atoms with E-state index in [0.717, 1.165) is 24.5 Å². The van der Waals surface area contributed by atoms with Crippen molar-refractivity contribution < 1.29 is 9.52 Å². The van der Waals surface area contributed by atoms with Crippen molar-refractivity contribution in [2.24, 2.45) is 0 Å². The molecule has 3 aromatic heterocycles. The maximum Gasteiger partial charge on any atom is 0.260 e. The van der Waals surface area contributed by atoms with Crippen LogP contribution in [0.3, 0.4) is 0 Å². The van der Waals surface area contributed by atoms with Gasteiger partial charge in [-0.2, -0.15) is 0 Å². The van der Waals surface area contributed by atoms with Crippen molar-refractivity contribution in [3.8, 4) is 5.75 Å². The van der Waals surface area contributed by atoms with E-state index in [-0.39, 0.29) is 11.3 Å². The summed E-state index contributed by atoms with van der Waals surface area (Å²) in [6.45, 7) is 4.99. The van der Waals surface area contributed by atoms with Gasteiger partial charge in [-0.25, -0.2) is 4.98 Å². The molecule has 0 radical (unpaired) electrons. The second kappa shape index (κ2) is 9.98. The van der Waals surface area contributed by atoms with Gasteiger partial charge in [0.25, 0.3) is 5.56 Å². The van der Waals surface area contributed by atoms with Gasteiger partial charge in [-0.15, -0.1) is 0 Å².